The number of benzene rings is 1. The molecule has 0 fully saturated rings. The third-order valence-electron chi connectivity index (χ3n) is 2.68. The second-order valence-corrected chi connectivity index (χ2v) is 6.51. The van der Waals surface area contributed by atoms with Gasteiger partial charge in [-0.05, 0) is 42.5 Å². The third kappa shape index (κ3) is 2.21. The monoisotopic (exact) mass is 314 g/mol. The van der Waals surface area contributed by atoms with Crippen LogP contribution in [0.5, 0.6) is 0 Å². The number of hydrogen-bond donors (Lipinski definition) is 1. The van der Waals surface area contributed by atoms with E-state index >= 15 is 0 Å². The zero-order chi connectivity index (χ0) is 12.7. The van der Waals surface area contributed by atoms with Crippen LogP contribution in [0.3, 0.4) is 0 Å². The van der Waals surface area contributed by atoms with Crippen LogP contribution in [0.2, 0.25) is 9.36 Å². The SMILES string of the molecule is S=c1[nH]c2ccc(Cl)cc2n1Cc1ccc(Cl)s1. The summed E-state index contributed by atoms with van der Waals surface area (Å²) in [5.41, 5.74) is 2.00. The zero-order valence-corrected chi connectivity index (χ0v) is 12.3. The lowest BCUT2D eigenvalue weighted by Crippen LogP contribution is -1.97. The molecule has 0 bridgehead atoms. The number of rotatable bonds is 2. The number of thiophene rings is 1. The fourth-order valence-corrected chi connectivity index (χ4v) is 3.39. The van der Waals surface area contributed by atoms with Crippen molar-refractivity contribution in [2.24, 2.45) is 0 Å². The summed E-state index contributed by atoms with van der Waals surface area (Å²) in [7, 11) is 0. The standard InChI is InChI=1S/C12H8Cl2N2S2/c13-7-1-3-9-10(5-7)16(12(17)15-9)6-8-2-4-11(14)18-8/h1-5H,6H2,(H,15,17). The van der Waals surface area contributed by atoms with Gasteiger partial charge in [0, 0.05) is 9.90 Å². The van der Waals surface area contributed by atoms with Gasteiger partial charge in [0.2, 0.25) is 0 Å². The second kappa shape index (κ2) is 4.70. The van der Waals surface area contributed by atoms with E-state index in [4.69, 9.17) is 35.4 Å². The first-order chi connectivity index (χ1) is 8.63. The van der Waals surface area contributed by atoms with E-state index in [9.17, 15) is 0 Å². The predicted octanol–water partition coefficient (Wildman–Crippen LogP) is 5.12. The van der Waals surface area contributed by atoms with E-state index in [1.165, 1.54) is 0 Å². The Labute approximate surface area is 123 Å². The number of H-pyrrole nitrogens is 1. The maximum Gasteiger partial charge on any atom is 0.178 e. The molecule has 0 aliphatic heterocycles. The van der Waals surface area contributed by atoms with Crippen molar-refractivity contribution in [2.75, 3.05) is 0 Å². The summed E-state index contributed by atoms with van der Waals surface area (Å²) >= 11 is 18.9. The normalized spacial score (nSPS) is 11.2. The fourth-order valence-electron chi connectivity index (χ4n) is 1.88. The van der Waals surface area contributed by atoms with Crippen LogP contribution in [0.1, 0.15) is 4.88 Å². The van der Waals surface area contributed by atoms with Gasteiger partial charge in [0.25, 0.3) is 0 Å². The highest BCUT2D eigenvalue weighted by Crippen LogP contribution is 2.25. The van der Waals surface area contributed by atoms with Gasteiger partial charge in [0.05, 0.1) is 21.9 Å². The quantitative estimate of drug-likeness (QED) is 0.651. The molecule has 0 aliphatic rings. The first-order valence-electron chi connectivity index (χ1n) is 5.26. The number of aromatic nitrogens is 2. The summed E-state index contributed by atoms with van der Waals surface area (Å²) in [4.78, 5) is 4.34. The molecule has 3 rings (SSSR count). The van der Waals surface area contributed by atoms with Gasteiger partial charge in [0.1, 0.15) is 0 Å². The van der Waals surface area contributed by atoms with Gasteiger partial charge in [-0.15, -0.1) is 11.3 Å². The Morgan fingerprint density at radius 2 is 2.06 bits per heavy atom. The molecule has 2 nitrogen and oxygen atoms in total. The molecular weight excluding hydrogens is 307 g/mol. The lowest BCUT2D eigenvalue weighted by Gasteiger charge is -2.02. The number of fused-ring (bicyclic) bond motifs is 1. The van der Waals surface area contributed by atoms with Crippen LogP contribution < -0.4 is 0 Å². The van der Waals surface area contributed by atoms with E-state index in [1.807, 2.05) is 34.9 Å². The molecule has 0 amide bonds. The minimum atomic E-state index is 0.691. The van der Waals surface area contributed by atoms with E-state index in [0.29, 0.717) is 16.3 Å². The molecule has 0 unspecified atom stereocenters. The molecule has 2 heterocycles. The summed E-state index contributed by atoms with van der Waals surface area (Å²) in [6, 6.07) is 9.61. The van der Waals surface area contributed by atoms with E-state index in [1.54, 1.807) is 11.3 Å². The minimum Gasteiger partial charge on any atom is -0.331 e. The van der Waals surface area contributed by atoms with Crippen LogP contribution in [0, 0.1) is 4.77 Å². The Kier molecular flexibility index (Phi) is 3.20. The van der Waals surface area contributed by atoms with E-state index in [-0.39, 0.29) is 0 Å². The van der Waals surface area contributed by atoms with E-state index < -0.39 is 0 Å². The van der Waals surface area contributed by atoms with Crippen molar-refractivity contribution in [3.8, 4) is 0 Å². The lowest BCUT2D eigenvalue weighted by atomic mass is 10.3. The highest BCUT2D eigenvalue weighted by atomic mass is 35.5. The molecule has 6 heteroatoms. The Morgan fingerprint density at radius 3 is 2.78 bits per heavy atom. The molecule has 0 aliphatic carbocycles. The van der Waals surface area contributed by atoms with Crippen LogP contribution in [0.25, 0.3) is 11.0 Å². The molecule has 3 aromatic rings. The molecule has 0 saturated carbocycles. The Bertz CT molecular complexity index is 770. The summed E-state index contributed by atoms with van der Waals surface area (Å²) in [5, 5.41) is 0.703. The molecule has 1 aromatic carbocycles. The van der Waals surface area contributed by atoms with Gasteiger partial charge in [-0.25, -0.2) is 0 Å². The van der Waals surface area contributed by atoms with Crippen molar-refractivity contribution in [2.45, 2.75) is 6.54 Å². The van der Waals surface area contributed by atoms with Crippen LogP contribution in [0.4, 0.5) is 0 Å². The summed E-state index contributed by atoms with van der Waals surface area (Å²) in [6.07, 6.45) is 0. The predicted molar refractivity (Wildman–Crippen MR) is 80.6 cm³/mol. The van der Waals surface area contributed by atoms with Crippen molar-refractivity contribution in [3.05, 3.63) is 49.3 Å². The molecule has 0 spiro atoms. The van der Waals surface area contributed by atoms with Crippen LogP contribution >= 0.6 is 46.8 Å². The molecule has 18 heavy (non-hydrogen) atoms. The van der Waals surface area contributed by atoms with Gasteiger partial charge >= 0.3 is 0 Å². The number of nitrogens with zero attached hydrogens (tertiary/aromatic N) is 1. The summed E-state index contributed by atoms with van der Waals surface area (Å²) in [6.45, 7) is 0.705. The smallest absolute Gasteiger partial charge is 0.178 e. The number of imidazole rings is 1. The van der Waals surface area contributed by atoms with Gasteiger partial charge in [0.15, 0.2) is 4.77 Å². The maximum absolute atomic E-state index is 6.03. The molecule has 0 saturated heterocycles. The third-order valence-corrected chi connectivity index (χ3v) is 4.45. The molecule has 0 atom stereocenters. The summed E-state index contributed by atoms with van der Waals surface area (Å²) in [5.74, 6) is 0. The Balaban J connectivity index is 2.13. The molecule has 92 valence electrons. The van der Waals surface area contributed by atoms with Crippen molar-refractivity contribution in [3.63, 3.8) is 0 Å². The topological polar surface area (TPSA) is 20.7 Å². The van der Waals surface area contributed by atoms with Crippen molar-refractivity contribution in [1.82, 2.24) is 9.55 Å². The van der Waals surface area contributed by atoms with Crippen LogP contribution in [0.15, 0.2) is 30.3 Å². The highest BCUT2D eigenvalue weighted by Gasteiger charge is 2.07. The first-order valence-corrected chi connectivity index (χ1v) is 7.24. The highest BCUT2D eigenvalue weighted by molar-refractivity contribution is 7.71. The number of nitrogens with one attached hydrogen (secondary N) is 1. The molecule has 2 aromatic heterocycles. The van der Waals surface area contributed by atoms with Crippen molar-refractivity contribution >= 4 is 57.8 Å². The van der Waals surface area contributed by atoms with Crippen LogP contribution in [-0.2, 0) is 6.54 Å². The zero-order valence-electron chi connectivity index (χ0n) is 9.11. The average Bonchev–Trinajstić information content (AvgIpc) is 2.86. The van der Waals surface area contributed by atoms with Crippen molar-refractivity contribution in [1.29, 1.82) is 0 Å². The molecular formula is C12H8Cl2N2S2. The van der Waals surface area contributed by atoms with E-state index in [0.717, 1.165) is 20.2 Å². The van der Waals surface area contributed by atoms with Gasteiger partial charge < -0.3 is 9.55 Å². The number of halogens is 2. The van der Waals surface area contributed by atoms with Crippen LogP contribution in [-0.4, -0.2) is 9.55 Å². The molecule has 1 N–H and O–H groups in total. The largest absolute Gasteiger partial charge is 0.331 e. The Hall–Kier alpha value is -0.810. The molecule has 0 radical (unpaired) electrons. The Morgan fingerprint density at radius 1 is 1.22 bits per heavy atom. The fraction of sp³-hybridized carbons (Fsp3) is 0.0833. The first kappa shape index (κ1) is 12.2. The second-order valence-electron chi connectivity index (χ2n) is 3.88. The van der Waals surface area contributed by atoms with Gasteiger partial charge in [-0.1, -0.05) is 23.2 Å². The van der Waals surface area contributed by atoms with Crippen molar-refractivity contribution < 1.29 is 0 Å². The number of aromatic amines is 1. The minimum absolute atomic E-state index is 0.691. The summed E-state index contributed by atoms with van der Waals surface area (Å²) < 4.78 is 3.50. The van der Waals surface area contributed by atoms with Gasteiger partial charge in [-0.3, -0.25) is 0 Å². The lowest BCUT2D eigenvalue weighted by molar-refractivity contribution is 0.823. The van der Waals surface area contributed by atoms with E-state index in [2.05, 4.69) is 4.98 Å². The average molecular weight is 315 g/mol. The maximum atomic E-state index is 6.03. The van der Waals surface area contributed by atoms with Gasteiger partial charge in [-0.2, -0.15) is 0 Å². The number of hydrogen-bond acceptors (Lipinski definition) is 2.